The van der Waals surface area contributed by atoms with Gasteiger partial charge in [-0.3, -0.25) is 0 Å². The van der Waals surface area contributed by atoms with E-state index in [0.29, 0.717) is 18.3 Å². The average molecular weight is 319 g/mol. The Hall–Kier alpha value is -0.870. The largest absolute Gasteiger partial charge is 0.411 e. The van der Waals surface area contributed by atoms with Crippen molar-refractivity contribution in [3.63, 3.8) is 0 Å². The molecule has 7 atom stereocenters. The van der Waals surface area contributed by atoms with Gasteiger partial charge in [-0.05, 0) is 73.7 Å². The number of hydrogen-bond acceptors (Lipinski definition) is 4. The second-order valence-electron chi connectivity index (χ2n) is 8.88. The van der Waals surface area contributed by atoms with Crippen LogP contribution in [0.25, 0.3) is 0 Å². The SMILES string of the molecule is C[C@]12CCC(O)CC1=CC(=NO)[C@@H]1[C@H]2CC[C@]2(C)C(O)CC[C@@H]12. The summed E-state index contributed by atoms with van der Waals surface area (Å²) in [6.45, 7) is 4.58. The number of oxime groups is 1. The fourth-order valence-electron chi connectivity index (χ4n) is 6.47. The number of hydrogen-bond donors (Lipinski definition) is 3. The first-order valence-corrected chi connectivity index (χ1v) is 9.19. The number of allylic oxidation sites excluding steroid dienone is 1. The average Bonchev–Trinajstić information content (AvgIpc) is 2.83. The predicted octanol–water partition coefficient (Wildman–Crippen LogP) is 3.11. The molecule has 23 heavy (non-hydrogen) atoms. The van der Waals surface area contributed by atoms with E-state index in [1.54, 1.807) is 0 Å². The van der Waals surface area contributed by atoms with Crippen LogP contribution in [0.3, 0.4) is 0 Å². The zero-order valence-electron chi connectivity index (χ0n) is 14.2. The van der Waals surface area contributed by atoms with Gasteiger partial charge in [-0.2, -0.15) is 0 Å². The van der Waals surface area contributed by atoms with E-state index >= 15 is 0 Å². The third-order valence-corrected chi connectivity index (χ3v) is 8.00. The highest BCUT2D eigenvalue weighted by molar-refractivity contribution is 5.99. The first kappa shape index (κ1) is 15.6. The lowest BCUT2D eigenvalue weighted by Gasteiger charge is -2.57. The summed E-state index contributed by atoms with van der Waals surface area (Å²) in [7, 11) is 0. The number of rotatable bonds is 0. The molecule has 0 heterocycles. The van der Waals surface area contributed by atoms with Crippen LogP contribution in [-0.4, -0.2) is 33.3 Å². The summed E-state index contributed by atoms with van der Waals surface area (Å²) in [6.07, 6.45) is 8.23. The van der Waals surface area contributed by atoms with E-state index in [9.17, 15) is 15.4 Å². The molecule has 0 aliphatic heterocycles. The van der Waals surface area contributed by atoms with Crippen LogP contribution in [0.1, 0.15) is 58.8 Å². The summed E-state index contributed by atoms with van der Waals surface area (Å²) in [5, 5.41) is 33.9. The zero-order valence-corrected chi connectivity index (χ0v) is 14.2. The highest BCUT2D eigenvalue weighted by Gasteiger charge is 2.60. The minimum absolute atomic E-state index is 0.0347. The van der Waals surface area contributed by atoms with Crippen LogP contribution in [0, 0.1) is 28.6 Å². The highest BCUT2D eigenvalue weighted by atomic mass is 16.4. The summed E-state index contributed by atoms with van der Waals surface area (Å²) < 4.78 is 0. The Morgan fingerprint density at radius 2 is 1.83 bits per heavy atom. The number of aliphatic hydroxyl groups excluding tert-OH is 2. The maximum Gasteiger partial charge on any atom is 0.0832 e. The molecule has 4 aliphatic rings. The van der Waals surface area contributed by atoms with Crippen molar-refractivity contribution in [2.75, 3.05) is 0 Å². The Kier molecular flexibility index (Phi) is 3.44. The van der Waals surface area contributed by atoms with E-state index in [2.05, 4.69) is 25.1 Å². The van der Waals surface area contributed by atoms with Gasteiger partial charge in [-0.1, -0.05) is 24.6 Å². The quantitative estimate of drug-likeness (QED) is 0.474. The molecule has 3 N–H and O–H groups in total. The predicted molar refractivity (Wildman–Crippen MR) is 88.3 cm³/mol. The molecule has 0 saturated heterocycles. The molecule has 0 aromatic heterocycles. The first-order chi connectivity index (χ1) is 10.9. The van der Waals surface area contributed by atoms with Crippen LogP contribution in [0.4, 0.5) is 0 Å². The van der Waals surface area contributed by atoms with E-state index in [0.717, 1.165) is 44.2 Å². The van der Waals surface area contributed by atoms with Crippen molar-refractivity contribution in [2.45, 2.75) is 71.0 Å². The molecule has 0 aromatic carbocycles. The van der Waals surface area contributed by atoms with E-state index in [1.165, 1.54) is 5.57 Å². The van der Waals surface area contributed by atoms with Crippen molar-refractivity contribution in [1.29, 1.82) is 0 Å². The van der Waals surface area contributed by atoms with Gasteiger partial charge in [0.15, 0.2) is 0 Å². The lowest BCUT2D eigenvalue weighted by molar-refractivity contribution is -0.0490. The van der Waals surface area contributed by atoms with Crippen LogP contribution in [-0.2, 0) is 0 Å². The van der Waals surface area contributed by atoms with Crippen LogP contribution >= 0.6 is 0 Å². The Morgan fingerprint density at radius 3 is 2.57 bits per heavy atom. The van der Waals surface area contributed by atoms with Crippen molar-refractivity contribution >= 4 is 5.71 Å². The molecule has 0 spiro atoms. The van der Waals surface area contributed by atoms with Crippen molar-refractivity contribution in [2.24, 2.45) is 33.7 Å². The molecular formula is C19H29NO3. The van der Waals surface area contributed by atoms with Crippen LogP contribution in [0.2, 0.25) is 0 Å². The van der Waals surface area contributed by atoms with E-state index in [-0.39, 0.29) is 29.0 Å². The lowest BCUT2D eigenvalue weighted by atomic mass is 9.47. The van der Waals surface area contributed by atoms with E-state index in [4.69, 9.17) is 0 Å². The van der Waals surface area contributed by atoms with Crippen LogP contribution in [0.5, 0.6) is 0 Å². The van der Waals surface area contributed by atoms with Crippen LogP contribution in [0.15, 0.2) is 16.8 Å². The fourth-order valence-corrected chi connectivity index (χ4v) is 6.47. The summed E-state index contributed by atoms with van der Waals surface area (Å²) >= 11 is 0. The van der Waals surface area contributed by atoms with Gasteiger partial charge in [0.1, 0.15) is 0 Å². The standard InChI is InChI=1S/C19H29NO3/c1-18-7-5-12(21)9-11(18)10-15(20-23)17-13-3-4-16(22)19(13,2)8-6-14(17)18/h10,12-14,16-17,21-23H,3-9H2,1-2H3/t12?,13-,14+,16?,17-,18-,19-/m0/s1. The number of fused-ring (bicyclic) bond motifs is 5. The summed E-state index contributed by atoms with van der Waals surface area (Å²) in [4.78, 5) is 0. The summed E-state index contributed by atoms with van der Waals surface area (Å²) in [6, 6.07) is 0. The Morgan fingerprint density at radius 1 is 1.04 bits per heavy atom. The van der Waals surface area contributed by atoms with Gasteiger partial charge < -0.3 is 15.4 Å². The highest BCUT2D eigenvalue weighted by Crippen LogP contribution is 2.64. The topological polar surface area (TPSA) is 73.1 Å². The molecule has 4 rings (SSSR count). The fraction of sp³-hybridized carbons (Fsp3) is 0.842. The van der Waals surface area contributed by atoms with Gasteiger partial charge in [-0.25, -0.2) is 0 Å². The Balaban J connectivity index is 1.79. The molecule has 0 bridgehead atoms. The molecular weight excluding hydrogens is 290 g/mol. The molecule has 128 valence electrons. The molecule has 4 aliphatic carbocycles. The molecule has 2 unspecified atom stereocenters. The monoisotopic (exact) mass is 319 g/mol. The lowest BCUT2D eigenvalue weighted by Crippen LogP contribution is -2.54. The van der Waals surface area contributed by atoms with Crippen molar-refractivity contribution in [3.8, 4) is 0 Å². The van der Waals surface area contributed by atoms with E-state index in [1.807, 2.05) is 0 Å². The minimum atomic E-state index is -0.257. The van der Waals surface area contributed by atoms with E-state index < -0.39 is 0 Å². The maximum absolute atomic E-state index is 10.5. The second kappa shape index (κ2) is 5.06. The Labute approximate surface area is 138 Å². The molecule has 4 nitrogen and oxygen atoms in total. The van der Waals surface area contributed by atoms with Crippen molar-refractivity contribution < 1.29 is 15.4 Å². The number of nitrogens with zero attached hydrogens (tertiary/aromatic N) is 1. The van der Waals surface area contributed by atoms with Crippen LogP contribution < -0.4 is 0 Å². The zero-order chi connectivity index (χ0) is 16.4. The molecule has 3 fully saturated rings. The van der Waals surface area contributed by atoms with Gasteiger partial charge in [0, 0.05) is 5.92 Å². The van der Waals surface area contributed by atoms with Crippen molar-refractivity contribution in [3.05, 3.63) is 11.6 Å². The van der Waals surface area contributed by atoms with Gasteiger partial charge in [-0.15, -0.1) is 0 Å². The maximum atomic E-state index is 10.5. The Bertz CT molecular complexity index is 571. The molecule has 4 heteroatoms. The van der Waals surface area contributed by atoms with Gasteiger partial charge in [0.25, 0.3) is 0 Å². The molecule has 0 amide bonds. The molecule has 0 aromatic rings. The normalized spacial score (nSPS) is 54.2. The molecule has 0 radical (unpaired) electrons. The summed E-state index contributed by atoms with van der Waals surface area (Å²) in [5.74, 6) is 1.13. The second-order valence-corrected chi connectivity index (χ2v) is 8.88. The molecule has 3 saturated carbocycles. The van der Waals surface area contributed by atoms with Gasteiger partial charge in [0.05, 0.1) is 17.9 Å². The van der Waals surface area contributed by atoms with Gasteiger partial charge >= 0.3 is 0 Å². The smallest absolute Gasteiger partial charge is 0.0832 e. The third-order valence-electron chi connectivity index (χ3n) is 8.00. The number of aliphatic hydroxyl groups is 2. The third kappa shape index (κ3) is 2.00. The van der Waals surface area contributed by atoms with Crippen molar-refractivity contribution in [1.82, 2.24) is 0 Å². The van der Waals surface area contributed by atoms with Gasteiger partial charge in [0.2, 0.25) is 0 Å². The first-order valence-electron chi connectivity index (χ1n) is 9.19. The summed E-state index contributed by atoms with van der Waals surface area (Å²) in [5.41, 5.74) is 2.15. The minimum Gasteiger partial charge on any atom is -0.411 e.